The molecule has 0 aromatic heterocycles. The summed E-state index contributed by atoms with van der Waals surface area (Å²) in [6.07, 6.45) is 5.43. The summed E-state index contributed by atoms with van der Waals surface area (Å²) in [5, 5.41) is 0. The lowest BCUT2D eigenvalue weighted by Crippen LogP contribution is -2.24. The van der Waals surface area contributed by atoms with Crippen molar-refractivity contribution in [2.45, 2.75) is 18.8 Å². The summed E-state index contributed by atoms with van der Waals surface area (Å²) in [6, 6.07) is 8.35. The third-order valence-corrected chi connectivity index (χ3v) is 3.45. The molecule has 0 bridgehead atoms. The molecule has 2 heteroatoms. The van der Waals surface area contributed by atoms with E-state index in [0.29, 0.717) is 0 Å². The van der Waals surface area contributed by atoms with Gasteiger partial charge in [-0.05, 0) is 19.4 Å². The van der Waals surface area contributed by atoms with Crippen LogP contribution in [0, 0.1) is 0 Å². The molecule has 0 saturated carbocycles. The second kappa shape index (κ2) is 2.78. The highest BCUT2D eigenvalue weighted by molar-refractivity contribution is 6.24. The van der Waals surface area contributed by atoms with Crippen molar-refractivity contribution in [3.05, 3.63) is 53.2 Å². The molecular weight excluding hydrogens is 183 g/mol. The number of para-hydroxylation sites is 1. The minimum Gasteiger partial charge on any atom is -0.461 e. The van der Waals surface area contributed by atoms with Crippen LogP contribution in [0.4, 0.5) is 0 Å². The molecule has 1 aromatic carbocycles. The van der Waals surface area contributed by atoms with Crippen LogP contribution >= 0.6 is 0 Å². The molecule has 1 atom stereocenters. The number of hydrogen-bond acceptors (Lipinski definition) is 1. The van der Waals surface area contributed by atoms with Gasteiger partial charge in [0.2, 0.25) is 0 Å². The first-order valence-corrected chi connectivity index (χ1v) is 5.37. The molecule has 0 N–H and O–H groups in total. The lowest BCUT2D eigenvalue weighted by atomic mass is 9.72. The van der Waals surface area contributed by atoms with Gasteiger partial charge in [-0.3, -0.25) is 0 Å². The third-order valence-electron chi connectivity index (χ3n) is 3.45. The van der Waals surface area contributed by atoms with Gasteiger partial charge in [-0.25, -0.2) is 0 Å². The molecule has 1 aromatic rings. The van der Waals surface area contributed by atoms with Crippen LogP contribution < -0.4 is 4.74 Å². The zero-order chi connectivity index (χ0) is 10.5. The highest BCUT2D eigenvalue weighted by atomic mass is 16.5. The molecule has 0 saturated heterocycles. The Labute approximate surface area is 90.9 Å². The predicted molar refractivity (Wildman–Crippen MR) is 63.7 cm³/mol. The first-order chi connectivity index (χ1) is 7.22. The number of allylic oxidation sites excluding steroid dienone is 4. The zero-order valence-corrected chi connectivity index (χ0v) is 9.08. The summed E-state index contributed by atoms with van der Waals surface area (Å²) >= 11 is 0. The second-order valence-corrected chi connectivity index (χ2v) is 4.55. The summed E-state index contributed by atoms with van der Waals surface area (Å²) in [5.74, 6) is 2.16. The summed E-state index contributed by atoms with van der Waals surface area (Å²) in [6.45, 7) is 2.27. The van der Waals surface area contributed by atoms with Crippen LogP contribution in [-0.2, 0) is 5.41 Å². The van der Waals surface area contributed by atoms with Gasteiger partial charge in [0, 0.05) is 5.56 Å². The normalized spacial score (nSPS) is 27.3. The van der Waals surface area contributed by atoms with E-state index in [1.54, 1.807) is 0 Å². The monoisotopic (exact) mass is 196 g/mol. The minimum atomic E-state index is 0.0649. The molecule has 1 aliphatic carbocycles. The maximum Gasteiger partial charge on any atom is 0.143 e. The maximum atomic E-state index is 5.95. The van der Waals surface area contributed by atoms with E-state index < -0.39 is 0 Å². The van der Waals surface area contributed by atoms with E-state index in [1.165, 1.54) is 11.0 Å². The van der Waals surface area contributed by atoms with Gasteiger partial charge in [-0.1, -0.05) is 35.8 Å². The van der Waals surface area contributed by atoms with Crippen molar-refractivity contribution in [2.24, 2.45) is 0 Å². The van der Waals surface area contributed by atoms with E-state index in [9.17, 15) is 0 Å². The fourth-order valence-electron chi connectivity index (χ4n) is 2.62. The fourth-order valence-corrected chi connectivity index (χ4v) is 2.62. The molecule has 1 nitrogen and oxygen atoms in total. The van der Waals surface area contributed by atoms with Crippen molar-refractivity contribution in [1.82, 2.24) is 0 Å². The standard InChI is InChI=1S/C13H13BO/c1-13-8-4-6-10(14)12(13)15-11-7-3-2-5-9(11)13/h2-7H,8,14H2,1H3. The van der Waals surface area contributed by atoms with Crippen molar-refractivity contribution >= 4 is 7.85 Å². The number of fused-ring (bicyclic) bond motifs is 3. The number of benzene rings is 1. The Kier molecular flexibility index (Phi) is 1.64. The quantitative estimate of drug-likeness (QED) is 0.577. The van der Waals surface area contributed by atoms with Gasteiger partial charge < -0.3 is 4.74 Å². The Morgan fingerprint density at radius 2 is 2.13 bits per heavy atom. The molecule has 3 rings (SSSR count). The topological polar surface area (TPSA) is 9.23 Å². The van der Waals surface area contributed by atoms with E-state index >= 15 is 0 Å². The first kappa shape index (κ1) is 8.84. The molecule has 15 heavy (non-hydrogen) atoms. The Morgan fingerprint density at radius 3 is 3.00 bits per heavy atom. The summed E-state index contributed by atoms with van der Waals surface area (Å²) < 4.78 is 5.95. The van der Waals surface area contributed by atoms with Crippen LogP contribution in [0.25, 0.3) is 0 Å². The number of ether oxygens (including phenoxy) is 1. The lowest BCUT2D eigenvalue weighted by molar-refractivity contribution is 0.375. The average Bonchev–Trinajstić information content (AvgIpc) is 2.54. The molecule has 1 aliphatic heterocycles. The smallest absolute Gasteiger partial charge is 0.143 e. The van der Waals surface area contributed by atoms with E-state index in [2.05, 4.69) is 45.1 Å². The third kappa shape index (κ3) is 1.05. The molecular formula is C13H13BO. The van der Waals surface area contributed by atoms with Crippen molar-refractivity contribution in [2.75, 3.05) is 0 Å². The average molecular weight is 196 g/mol. The molecule has 1 unspecified atom stereocenters. The van der Waals surface area contributed by atoms with Crippen molar-refractivity contribution in [1.29, 1.82) is 0 Å². The largest absolute Gasteiger partial charge is 0.461 e. The summed E-state index contributed by atoms with van der Waals surface area (Å²) in [5.41, 5.74) is 2.64. The van der Waals surface area contributed by atoms with Gasteiger partial charge in [-0.15, -0.1) is 0 Å². The zero-order valence-electron chi connectivity index (χ0n) is 9.08. The van der Waals surface area contributed by atoms with Crippen molar-refractivity contribution in [3.8, 4) is 5.75 Å². The highest BCUT2D eigenvalue weighted by Gasteiger charge is 2.42. The van der Waals surface area contributed by atoms with E-state index in [-0.39, 0.29) is 5.41 Å². The summed E-state index contributed by atoms with van der Waals surface area (Å²) in [7, 11) is 2.12. The summed E-state index contributed by atoms with van der Waals surface area (Å²) in [4.78, 5) is 0. The van der Waals surface area contributed by atoms with Crippen molar-refractivity contribution < 1.29 is 4.74 Å². The molecule has 1 heterocycles. The van der Waals surface area contributed by atoms with Crippen molar-refractivity contribution in [3.63, 3.8) is 0 Å². The second-order valence-electron chi connectivity index (χ2n) is 4.55. The lowest BCUT2D eigenvalue weighted by Gasteiger charge is -2.27. The van der Waals surface area contributed by atoms with E-state index in [4.69, 9.17) is 4.74 Å². The van der Waals surface area contributed by atoms with Crippen LogP contribution in [0.3, 0.4) is 0 Å². The first-order valence-electron chi connectivity index (χ1n) is 5.37. The van der Waals surface area contributed by atoms with Gasteiger partial charge in [0.1, 0.15) is 19.4 Å². The van der Waals surface area contributed by atoms with Crippen LogP contribution in [0.2, 0.25) is 0 Å². The highest BCUT2D eigenvalue weighted by Crippen LogP contribution is 2.49. The maximum absolute atomic E-state index is 5.95. The van der Waals surface area contributed by atoms with Gasteiger partial charge >= 0.3 is 0 Å². The minimum absolute atomic E-state index is 0.0649. The number of hydrogen-bond donors (Lipinski definition) is 0. The van der Waals surface area contributed by atoms with Gasteiger partial charge in [0.25, 0.3) is 0 Å². The predicted octanol–water partition coefficient (Wildman–Crippen LogP) is 2.14. The fraction of sp³-hybridized carbons (Fsp3) is 0.231. The Morgan fingerprint density at radius 1 is 1.33 bits per heavy atom. The van der Waals surface area contributed by atoms with Crippen LogP contribution in [0.15, 0.2) is 47.6 Å². The SMILES string of the molecule is BC1=C2Oc3ccccc3C2(C)CC=C1. The molecule has 2 aliphatic rings. The molecule has 0 radical (unpaired) electrons. The van der Waals surface area contributed by atoms with Gasteiger partial charge in [0.15, 0.2) is 0 Å². The van der Waals surface area contributed by atoms with Crippen LogP contribution in [0.5, 0.6) is 5.75 Å². The molecule has 74 valence electrons. The van der Waals surface area contributed by atoms with Crippen LogP contribution in [0.1, 0.15) is 18.9 Å². The Balaban J connectivity index is 2.25. The van der Waals surface area contributed by atoms with E-state index in [1.807, 2.05) is 6.07 Å². The van der Waals surface area contributed by atoms with Gasteiger partial charge in [-0.2, -0.15) is 0 Å². The Hall–Kier alpha value is -1.44. The van der Waals surface area contributed by atoms with Crippen LogP contribution in [-0.4, -0.2) is 7.85 Å². The van der Waals surface area contributed by atoms with Gasteiger partial charge in [0.05, 0.1) is 5.41 Å². The molecule has 0 amide bonds. The molecule has 0 fully saturated rings. The number of rotatable bonds is 0. The van der Waals surface area contributed by atoms with E-state index in [0.717, 1.165) is 17.9 Å². The Bertz CT molecular complexity index is 487. The molecule has 0 spiro atoms.